The lowest BCUT2D eigenvalue weighted by atomic mass is 9.98. The third-order valence-electron chi connectivity index (χ3n) is 12.0. The fourth-order valence-corrected chi connectivity index (χ4v) is 9.36. The van der Waals surface area contributed by atoms with E-state index in [0.717, 1.165) is 22.7 Å². The number of urea groups is 1. The Labute approximate surface area is 373 Å². The molecule has 23 heteroatoms. The number of carbonyl (C=O) groups excluding carboxylic acids is 7. The number of ether oxygens (including phenoxy) is 1. The van der Waals surface area contributed by atoms with E-state index in [1.807, 2.05) is 19.0 Å². The van der Waals surface area contributed by atoms with Gasteiger partial charge in [-0.05, 0) is 87.4 Å². The Kier molecular flexibility index (Phi) is 15.2. The number of hydrogen-bond donors (Lipinski definition) is 6. The van der Waals surface area contributed by atoms with Gasteiger partial charge in [-0.1, -0.05) is 6.92 Å². The second-order valence-corrected chi connectivity index (χ2v) is 18.5. The number of rotatable bonds is 9. The van der Waals surface area contributed by atoms with Crippen molar-refractivity contribution in [2.24, 2.45) is 5.92 Å². The smallest absolute Gasteiger partial charge is 0.458 e. The number of phosphoric ester groups is 1. The van der Waals surface area contributed by atoms with Crippen molar-refractivity contribution in [2.75, 3.05) is 43.9 Å². The van der Waals surface area contributed by atoms with Gasteiger partial charge in [0, 0.05) is 64.0 Å². The summed E-state index contributed by atoms with van der Waals surface area (Å²) in [6, 6.07) is -0.351. The van der Waals surface area contributed by atoms with Gasteiger partial charge in [0.1, 0.15) is 54.0 Å². The molecule has 0 radical (unpaired) electrons. The molecule has 9 atom stereocenters. The molecule has 4 fully saturated rings. The van der Waals surface area contributed by atoms with Gasteiger partial charge >= 0.3 is 19.8 Å². The van der Waals surface area contributed by atoms with E-state index in [0.29, 0.717) is 24.6 Å². The van der Waals surface area contributed by atoms with Crippen LogP contribution in [0, 0.1) is 17.6 Å². The van der Waals surface area contributed by atoms with E-state index in [2.05, 4.69) is 21.3 Å². The largest absolute Gasteiger partial charge is 0.469 e. The molecule has 2 aromatic carbocycles. The van der Waals surface area contributed by atoms with Crippen molar-refractivity contribution >= 4 is 60.7 Å². The molecule has 7 amide bonds. The first kappa shape index (κ1) is 48.7. The summed E-state index contributed by atoms with van der Waals surface area (Å²) in [5, 5.41) is 10.3. The first-order chi connectivity index (χ1) is 30.6. The summed E-state index contributed by atoms with van der Waals surface area (Å²) in [5.74, 6) is -7.37. The normalized spacial score (nSPS) is 27.2. The van der Waals surface area contributed by atoms with Crippen LogP contribution >= 0.6 is 7.82 Å². The van der Waals surface area contributed by atoms with Gasteiger partial charge in [-0.25, -0.2) is 22.9 Å². The molecular formula is C42H55F2N8O12P. The van der Waals surface area contributed by atoms with Crippen molar-refractivity contribution in [3.63, 3.8) is 0 Å². The fraction of sp³-hybridized carbons (Fsp3) is 0.548. The Morgan fingerprint density at radius 1 is 0.892 bits per heavy atom. The minimum atomic E-state index is -5.21. The Morgan fingerprint density at radius 2 is 1.55 bits per heavy atom. The molecule has 354 valence electrons. The van der Waals surface area contributed by atoms with Gasteiger partial charge in [0.15, 0.2) is 0 Å². The van der Waals surface area contributed by atoms with Crippen molar-refractivity contribution in [1.82, 2.24) is 30.7 Å². The van der Waals surface area contributed by atoms with Gasteiger partial charge in [0.25, 0.3) is 0 Å². The number of nitrogens with one attached hydrogen (secondary N) is 4. The Balaban J connectivity index is 1.38. The highest BCUT2D eigenvalue weighted by atomic mass is 31.2. The van der Waals surface area contributed by atoms with Crippen LogP contribution in [0.4, 0.5) is 25.0 Å². The second-order valence-electron chi connectivity index (χ2n) is 17.3. The Morgan fingerprint density at radius 3 is 2.20 bits per heavy atom. The molecular weight excluding hydrogens is 877 g/mol. The van der Waals surface area contributed by atoms with Gasteiger partial charge in [-0.3, -0.25) is 28.5 Å². The van der Waals surface area contributed by atoms with Crippen LogP contribution in [0.1, 0.15) is 58.4 Å². The first-order valence-electron chi connectivity index (χ1n) is 21.3. The summed E-state index contributed by atoms with van der Waals surface area (Å²) in [5.41, 5.74) is 1.05. The average Bonchev–Trinajstić information content (AvgIpc) is 3.83. The summed E-state index contributed by atoms with van der Waals surface area (Å²) in [6.07, 6.45) is -2.68. The van der Waals surface area contributed by atoms with Crippen molar-refractivity contribution in [3.05, 3.63) is 59.7 Å². The molecule has 1 unspecified atom stereocenters. The first-order valence-corrected chi connectivity index (χ1v) is 22.9. The highest BCUT2D eigenvalue weighted by Gasteiger charge is 2.50. The molecule has 0 bridgehead atoms. The van der Waals surface area contributed by atoms with Gasteiger partial charge in [0.2, 0.25) is 29.5 Å². The molecule has 2 aromatic rings. The number of hydrogen-bond acceptors (Lipinski definition) is 11. The van der Waals surface area contributed by atoms with E-state index in [-0.39, 0.29) is 37.4 Å². The Bertz CT molecular complexity index is 2190. The minimum absolute atomic E-state index is 0.0531. The summed E-state index contributed by atoms with van der Waals surface area (Å²) in [4.78, 5) is 124. The molecule has 4 saturated heterocycles. The lowest BCUT2D eigenvalue weighted by Crippen LogP contribution is -2.63. The van der Waals surface area contributed by atoms with Crippen molar-refractivity contribution in [3.8, 4) is 0 Å². The third-order valence-corrected chi connectivity index (χ3v) is 12.5. The number of anilines is 2. The van der Waals surface area contributed by atoms with E-state index in [1.54, 1.807) is 31.2 Å². The lowest BCUT2D eigenvalue weighted by molar-refractivity contribution is -0.163. The molecule has 0 saturated carbocycles. The van der Waals surface area contributed by atoms with Crippen LogP contribution in [0.5, 0.6) is 0 Å². The summed E-state index contributed by atoms with van der Waals surface area (Å²) < 4.78 is 51.8. The second kappa shape index (κ2) is 20.2. The predicted molar refractivity (Wildman–Crippen MR) is 228 cm³/mol. The van der Waals surface area contributed by atoms with Crippen molar-refractivity contribution in [1.29, 1.82) is 0 Å². The molecule has 0 aromatic heterocycles. The molecule has 4 aliphatic heterocycles. The van der Waals surface area contributed by atoms with Gasteiger partial charge in [-0.2, -0.15) is 0 Å². The molecule has 20 nitrogen and oxygen atoms in total. The van der Waals surface area contributed by atoms with Crippen LogP contribution in [0.15, 0.2) is 42.5 Å². The average molecular weight is 933 g/mol. The van der Waals surface area contributed by atoms with Crippen LogP contribution < -0.4 is 26.2 Å². The molecule has 4 aliphatic rings. The maximum atomic E-state index is 15.0. The monoisotopic (exact) mass is 932 g/mol. The molecule has 0 aliphatic carbocycles. The van der Waals surface area contributed by atoms with E-state index < -0.39 is 129 Å². The number of cyclic esters (lactones) is 1. The van der Waals surface area contributed by atoms with Crippen LogP contribution in [0.25, 0.3) is 0 Å². The molecule has 65 heavy (non-hydrogen) atoms. The topological polar surface area (TPSA) is 257 Å². The number of phosphoric acid groups is 1. The van der Waals surface area contributed by atoms with Crippen LogP contribution in [-0.2, 0) is 49.0 Å². The van der Waals surface area contributed by atoms with Crippen LogP contribution in [-0.4, -0.2) is 148 Å². The lowest BCUT2D eigenvalue weighted by Gasteiger charge is -2.39. The molecule has 6 N–H and O–H groups in total. The highest BCUT2D eigenvalue weighted by Crippen LogP contribution is 2.41. The standard InChI is InChI=1S/C42H55F2N8O12P/c1-22-14-34-41(58)63-24(3)35(48-36(53)31(17-25-15-26(43)18-27(44)16-25)47-42(59)46-28-9-11-29(12-10-28)49(4)5)40(57)52-21-30(64-65(60,61)62)19-33(52)39(56)50-13-7-6-8-32(50)37(54)45-23(2)38(55)51(34)20-22/h9-12,15-16,18,22-24,30-35H,6-8,13-14,17,19-21H2,1-5H3,(H,45,54)(H,48,53)(H2,46,47,59)(H2,60,61,62)/t22-,23+,24+,30-,31+,32+,33+,34?,35+/m1/s1. The fourth-order valence-electron chi connectivity index (χ4n) is 8.82. The number of piperidine rings is 1. The minimum Gasteiger partial charge on any atom is -0.458 e. The zero-order valence-corrected chi connectivity index (χ0v) is 37.5. The van der Waals surface area contributed by atoms with E-state index in [9.17, 15) is 56.7 Å². The maximum Gasteiger partial charge on any atom is 0.469 e. The Hall–Kier alpha value is -5.70. The number of fused-ring (bicyclic) bond motifs is 3. The van der Waals surface area contributed by atoms with Crippen LogP contribution in [0.2, 0.25) is 0 Å². The summed E-state index contributed by atoms with van der Waals surface area (Å²) in [7, 11) is -1.58. The van der Waals surface area contributed by atoms with Gasteiger partial charge in [-0.15, -0.1) is 0 Å². The number of esters is 1. The third kappa shape index (κ3) is 12.0. The number of amides is 7. The number of carbonyl (C=O) groups is 7. The summed E-state index contributed by atoms with van der Waals surface area (Å²) >= 11 is 0. The van der Waals surface area contributed by atoms with E-state index in [4.69, 9.17) is 9.26 Å². The van der Waals surface area contributed by atoms with Crippen molar-refractivity contribution in [2.45, 2.75) is 108 Å². The molecule has 6 rings (SSSR count). The quantitative estimate of drug-likeness (QED) is 0.154. The van der Waals surface area contributed by atoms with Crippen molar-refractivity contribution < 1.29 is 66.0 Å². The maximum absolute atomic E-state index is 15.0. The predicted octanol–water partition coefficient (Wildman–Crippen LogP) is 1.40. The van der Waals surface area contributed by atoms with Gasteiger partial charge in [0.05, 0.1) is 6.10 Å². The number of halogens is 2. The van der Waals surface area contributed by atoms with Gasteiger partial charge < -0.3 is 55.4 Å². The SMILES string of the molecule is C[C@@H]1CC2C(=O)O[C@@H](C)[C@H](NC(=O)[C@H](Cc3cc(F)cc(F)c3)NC(=O)Nc3ccc(N(C)C)cc3)C(=O)N3C[C@H](OP(=O)(O)O)C[C@H]3C(=O)N3CCCC[C@H]3C(=O)N[C@@H](C)C(=O)N2C1. The van der Waals surface area contributed by atoms with E-state index in [1.165, 1.54) is 23.6 Å². The molecule has 4 heterocycles. The van der Waals surface area contributed by atoms with E-state index >= 15 is 0 Å². The summed E-state index contributed by atoms with van der Waals surface area (Å²) in [6.45, 7) is 4.09. The molecule has 0 spiro atoms. The number of nitrogens with zero attached hydrogens (tertiary/aromatic N) is 4. The zero-order valence-electron chi connectivity index (χ0n) is 36.6. The zero-order chi connectivity index (χ0) is 47.5. The van der Waals surface area contributed by atoms with Crippen LogP contribution in [0.3, 0.4) is 0 Å². The number of benzene rings is 2. The highest BCUT2D eigenvalue weighted by molar-refractivity contribution is 7.46.